The molecule has 0 saturated carbocycles. The van der Waals surface area contributed by atoms with E-state index in [-0.39, 0.29) is 24.1 Å². The second-order valence-corrected chi connectivity index (χ2v) is 4.69. The van der Waals surface area contributed by atoms with Crippen molar-refractivity contribution in [2.45, 2.75) is 45.0 Å². The molecule has 2 rings (SSSR count). The van der Waals surface area contributed by atoms with Crippen molar-refractivity contribution in [2.24, 2.45) is 0 Å². The summed E-state index contributed by atoms with van der Waals surface area (Å²) in [6.45, 7) is 4.04. The maximum Gasteiger partial charge on any atom is 0.128 e. The van der Waals surface area contributed by atoms with E-state index in [0.717, 1.165) is 12.8 Å². The van der Waals surface area contributed by atoms with Crippen LogP contribution in [0.5, 0.6) is 5.75 Å². The molecule has 0 aliphatic carbocycles. The fraction of sp³-hybridized carbons (Fsp3) is 0.538. The van der Waals surface area contributed by atoms with Crippen LogP contribution in [0.4, 0.5) is 10.1 Å². The highest BCUT2D eigenvalue weighted by molar-refractivity contribution is 5.44. The molecule has 3 nitrogen and oxygen atoms in total. The van der Waals surface area contributed by atoms with E-state index in [1.54, 1.807) is 6.07 Å². The number of nitrogen functional groups attached to an aromatic ring is 1. The van der Waals surface area contributed by atoms with Crippen LogP contribution in [0.2, 0.25) is 0 Å². The normalized spacial score (nSPS) is 29.0. The Morgan fingerprint density at radius 3 is 2.47 bits per heavy atom. The maximum absolute atomic E-state index is 13.2. The zero-order valence-electron chi connectivity index (χ0n) is 10.2. The first-order valence-electron chi connectivity index (χ1n) is 5.91. The second kappa shape index (κ2) is 4.92. The number of rotatable bonds is 2. The van der Waals surface area contributed by atoms with Crippen LogP contribution in [0.15, 0.2) is 18.2 Å². The predicted molar refractivity (Wildman–Crippen MR) is 64.5 cm³/mol. The molecule has 0 spiro atoms. The third-order valence-corrected chi connectivity index (χ3v) is 2.85. The summed E-state index contributed by atoms with van der Waals surface area (Å²) in [6, 6.07) is 4.29. The highest BCUT2D eigenvalue weighted by Gasteiger charge is 2.25. The number of hydrogen-bond donors (Lipinski definition) is 1. The van der Waals surface area contributed by atoms with Gasteiger partial charge in [0.2, 0.25) is 0 Å². The van der Waals surface area contributed by atoms with Crippen LogP contribution in [0.3, 0.4) is 0 Å². The van der Waals surface area contributed by atoms with Gasteiger partial charge in [-0.3, -0.25) is 0 Å². The maximum atomic E-state index is 13.2. The largest absolute Gasteiger partial charge is 0.490 e. The van der Waals surface area contributed by atoms with Crippen molar-refractivity contribution in [1.29, 1.82) is 0 Å². The van der Waals surface area contributed by atoms with E-state index < -0.39 is 0 Å². The Balaban J connectivity index is 2.04. The first kappa shape index (κ1) is 12.2. The third-order valence-electron chi connectivity index (χ3n) is 2.85. The molecule has 1 saturated heterocycles. The van der Waals surface area contributed by atoms with E-state index in [4.69, 9.17) is 15.2 Å². The van der Waals surface area contributed by atoms with Crippen molar-refractivity contribution in [3.63, 3.8) is 0 Å². The highest BCUT2D eigenvalue weighted by Crippen LogP contribution is 2.25. The van der Waals surface area contributed by atoms with Crippen LogP contribution in [0.1, 0.15) is 26.7 Å². The molecule has 94 valence electrons. The van der Waals surface area contributed by atoms with Gasteiger partial charge in [-0.05, 0) is 19.9 Å². The van der Waals surface area contributed by atoms with Gasteiger partial charge in [-0.2, -0.15) is 0 Å². The van der Waals surface area contributed by atoms with Crippen LogP contribution in [-0.4, -0.2) is 18.3 Å². The lowest BCUT2D eigenvalue weighted by Crippen LogP contribution is -2.35. The molecule has 1 aromatic rings. The van der Waals surface area contributed by atoms with Crippen LogP contribution in [0, 0.1) is 5.82 Å². The first-order chi connectivity index (χ1) is 8.02. The molecule has 1 heterocycles. The van der Waals surface area contributed by atoms with E-state index in [9.17, 15) is 4.39 Å². The van der Waals surface area contributed by atoms with Gasteiger partial charge in [0.1, 0.15) is 17.7 Å². The highest BCUT2D eigenvalue weighted by atomic mass is 19.1. The number of benzene rings is 1. The van der Waals surface area contributed by atoms with E-state index in [1.807, 2.05) is 13.8 Å². The lowest BCUT2D eigenvalue weighted by molar-refractivity contribution is -0.0721. The fourth-order valence-corrected chi connectivity index (χ4v) is 2.29. The van der Waals surface area contributed by atoms with E-state index >= 15 is 0 Å². The Hall–Kier alpha value is -1.29. The minimum atomic E-state index is -0.367. The zero-order valence-corrected chi connectivity index (χ0v) is 10.2. The van der Waals surface area contributed by atoms with Gasteiger partial charge in [-0.1, -0.05) is 0 Å². The lowest BCUT2D eigenvalue weighted by atomic mass is 10.0. The van der Waals surface area contributed by atoms with Gasteiger partial charge >= 0.3 is 0 Å². The fourth-order valence-electron chi connectivity index (χ4n) is 2.29. The molecule has 0 amide bonds. The molecule has 1 aliphatic rings. The molecule has 17 heavy (non-hydrogen) atoms. The van der Waals surface area contributed by atoms with Crippen molar-refractivity contribution in [2.75, 3.05) is 5.73 Å². The summed E-state index contributed by atoms with van der Waals surface area (Å²) in [5.74, 6) is 0.127. The van der Waals surface area contributed by atoms with Crippen LogP contribution < -0.4 is 10.5 Å². The number of ether oxygens (including phenoxy) is 2. The molecule has 2 unspecified atom stereocenters. The molecule has 4 heteroatoms. The molecule has 2 atom stereocenters. The van der Waals surface area contributed by atoms with Crippen LogP contribution in [0.25, 0.3) is 0 Å². The smallest absolute Gasteiger partial charge is 0.128 e. The van der Waals surface area contributed by atoms with Gasteiger partial charge in [0.15, 0.2) is 0 Å². The van der Waals surface area contributed by atoms with E-state index in [0.29, 0.717) is 11.4 Å². The predicted octanol–water partition coefficient (Wildman–Crippen LogP) is 2.74. The Kier molecular flexibility index (Phi) is 3.52. The van der Waals surface area contributed by atoms with Gasteiger partial charge in [-0.15, -0.1) is 0 Å². The zero-order chi connectivity index (χ0) is 12.4. The Morgan fingerprint density at radius 1 is 1.24 bits per heavy atom. The van der Waals surface area contributed by atoms with Gasteiger partial charge in [0, 0.05) is 30.7 Å². The SMILES string of the molecule is CC1CC(Oc2cc(N)cc(F)c2)CC(C)O1. The number of nitrogens with two attached hydrogens (primary N) is 1. The van der Waals surface area contributed by atoms with Gasteiger partial charge in [-0.25, -0.2) is 4.39 Å². The topological polar surface area (TPSA) is 44.5 Å². The van der Waals surface area contributed by atoms with Crippen molar-refractivity contribution in [3.05, 3.63) is 24.0 Å². The van der Waals surface area contributed by atoms with Gasteiger partial charge in [0.05, 0.1) is 12.2 Å². The Bertz CT molecular complexity index is 367. The Labute approximate surface area is 101 Å². The van der Waals surface area contributed by atoms with Crippen LogP contribution in [-0.2, 0) is 4.74 Å². The van der Waals surface area contributed by atoms with Crippen molar-refractivity contribution in [1.82, 2.24) is 0 Å². The molecular formula is C13H18FNO2. The first-order valence-corrected chi connectivity index (χ1v) is 5.91. The summed E-state index contributed by atoms with van der Waals surface area (Å²) in [5, 5.41) is 0. The molecule has 0 radical (unpaired) electrons. The number of halogens is 1. The summed E-state index contributed by atoms with van der Waals surface area (Å²) in [7, 11) is 0. The van der Waals surface area contributed by atoms with Crippen molar-refractivity contribution in [3.8, 4) is 5.75 Å². The standard InChI is InChI=1S/C13H18FNO2/c1-8-3-12(4-9(2)16-8)17-13-6-10(14)5-11(15)7-13/h5-9,12H,3-4,15H2,1-2H3. The molecule has 1 fully saturated rings. The van der Waals surface area contributed by atoms with Gasteiger partial charge in [0.25, 0.3) is 0 Å². The summed E-state index contributed by atoms with van der Waals surface area (Å²) in [6.07, 6.45) is 2.06. The van der Waals surface area contributed by atoms with E-state index in [2.05, 4.69) is 0 Å². The molecule has 1 aromatic carbocycles. The monoisotopic (exact) mass is 239 g/mol. The van der Waals surface area contributed by atoms with E-state index in [1.165, 1.54) is 12.1 Å². The van der Waals surface area contributed by atoms with Crippen LogP contribution >= 0.6 is 0 Å². The molecule has 0 aromatic heterocycles. The average molecular weight is 239 g/mol. The molecule has 2 N–H and O–H groups in total. The van der Waals surface area contributed by atoms with Crippen molar-refractivity contribution >= 4 is 5.69 Å². The van der Waals surface area contributed by atoms with Gasteiger partial charge < -0.3 is 15.2 Å². The number of hydrogen-bond acceptors (Lipinski definition) is 3. The summed E-state index contributed by atoms with van der Waals surface area (Å²) in [4.78, 5) is 0. The lowest BCUT2D eigenvalue weighted by Gasteiger charge is -2.32. The quantitative estimate of drug-likeness (QED) is 0.807. The molecule has 1 aliphatic heterocycles. The molecule has 0 bridgehead atoms. The minimum absolute atomic E-state index is 0.0648. The summed E-state index contributed by atoms with van der Waals surface area (Å²) in [5.41, 5.74) is 5.96. The Morgan fingerprint density at radius 2 is 1.88 bits per heavy atom. The average Bonchev–Trinajstić information content (AvgIpc) is 2.13. The minimum Gasteiger partial charge on any atom is -0.490 e. The summed E-state index contributed by atoms with van der Waals surface area (Å²) < 4.78 is 24.5. The summed E-state index contributed by atoms with van der Waals surface area (Å²) >= 11 is 0. The second-order valence-electron chi connectivity index (χ2n) is 4.69. The molecular weight excluding hydrogens is 221 g/mol. The van der Waals surface area contributed by atoms with Crippen molar-refractivity contribution < 1.29 is 13.9 Å². The number of anilines is 1. The third kappa shape index (κ3) is 3.33.